The summed E-state index contributed by atoms with van der Waals surface area (Å²) in [5.74, 6) is 0.259. The Kier molecular flexibility index (Phi) is 3.86. The number of amides is 3. The Labute approximate surface area is 102 Å². The van der Waals surface area contributed by atoms with Crippen molar-refractivity contribution in [1.82, 2.24) is 15.1 Å². The highest BCUT2D eigenvalue weighted by atomic mass is 16.2. The van der Waals surface area contributed by atoms with E-state index in [9.17, 15) is 9.59 Å². The molecule has 2 saturated heterocycles. The number of rotatable bonds is 1. The molecule has 0 saturated carbocycles. The molecule has 2 aliphatic heterocycles. The van der Waals surface area contributed by atoms with Gasteiger partial charge in [-0.05, 0) is 25.7 Å². The van der Waals surface area contributed by atoms with Crippen LogP contribution in [0.3, 0.4) is 0 Å². The minimum atomic E-state index is -0.0658. The lowest BCUT2D eigenvalue weighted by Gasteiger charge is -2.33. The van der Waals surface area contributed by atoms with Gasteiger partial charge in [0.15, 0.2) is 0 Å². The van der Waals surface area contributed by atoms with E-state index in [1.165, 1.54) is 0 Å². The van der Waals surface area contributed by atoms with Crippen molar-refractivity contribution in [3.05, 3.63) is 0 Å². The largest absolute Gasteiger partial charge is 0.342 e. The third-order valence-electron chi connectivity index (χ3n) is 3.69. The van der Waals surface area contributed by atoms with Crippen LogP contribution in [0.25, 0.3) is 0 Å². The average molecular weight is 239 g/mol. The molecule has 3 amide bonds. The molecule has 0 aromatic carbocycles. The first-order valence-electron chi connectivity index (χ1n) is 6.48. The Morgan fingerprint density at radius 1 is 1.06 bits per heavy atom. The van der Waals surface area contributed by atoms with Crippen LogP contribution in [0.15, 0.2) is 0 Å². The molecule has 2 rings (SSSR count). The summed E-state index contributed by atoms with van der Waals surface area (Å²) in [5, 5.41) is 2.63. The molecule has 17 heavy (non-hydrogen) atoms. The van der Waals surface area contributed by atoms with Crippen molar-refractivity contribution in [2.24, 2.45) is 5.92 Å². The fourth-order valence-electron chi connectivity index (χ4n) is 2.72. The van der Waals surface area contributed by atoms with Gasteiger partial charge in [-0.2, -0.15) is 0 Å². The fourth-order valence-corrected chi connectivity index (χ4v) is 2.72. The monoisotopic (exact) mass is 239 g/mol. The molecule has 2 aliphatic rings. The molecule has 1 atom stereocenters. The number of piperidine rings is 1. The molecule has 0 spiro atoms. The third kappa shape index (κ3) is 2.70. The fraction of sp³-hybridized carbons (Fsp3) is 0.833. The van der Waals surface area contributed by atoms with E-state index in [1.807, 2.05) is 4.90 Å². The van der Waals surface area contributed by atoms with Crippen molar-refractivity contribution >= 4 is 11.9 Å². The molecular weight excluding hydrogens is 218 g/mol. The number of urea groups is 1. The molecule has 2 heterocycles. The van der Waals surface area contributed by atoms with Gasteiger partial charge < -0.3 is 15.1 Å². The highest BCUT2D eigenvalue weighted by molar-refractivity contribution is 5.81. The summed E-state index contributed by atoms with van der Waals surface area (Å²) in [6.45, 7) is 3.14. The molecule has 0 aromatic rings. The van der Waals surface area contributed by atoms with Gasteiger partial charge in [-0.1, -0.05) is 0 Å². The number of likely N-dealkylation sites (tertiary alicyclic amines) is 2. The summed E-state index contributed by atoms with van der Waals surface area (Å²) in [4.78, 5) is 27.5. The summed E-state index contributed by atoms with van der Waals surface area (Å²) in [7, 11) is 1.63. The molecule has 2 fully saturated rings. The normalized spacial score (nSPS) is 24.9. The maximum Gasteiger partial charge on any atom is 0.317 e. The number of carbonyl (C=O) groups excluding carboxylic acids is 2. The quantitative estimate of drug-likeness (QED) is 0.731. The first-order chi connectivity index (χ1) is 8.22. The standard InChI is InChI=1S/C12H21N3O2/c1-13-12(17)15-8-4-5-10(9-15)11(16)14-6-2-3-7-14/h10H,2-9H2,1H3,(H,13,17). The minimum Gasteiger partial charge on any atom is -0.342 e. The Hall–Kier alpha value is -1.26. The lowest BCUT2D eigenvalue weighted by molar-refractivity contribution is -0.135. The van der Waals surface area contributed by atoms with Crippen molar-refractivity contribution in [3.63, 3.8) is 0 Å². The van der Waals surface area contributed by atoms with E-state index in [0.717, 1.165) is 45.3 Å². The molecule has 0 radical (unpaired) electrons. The first-order valence-corrected chi connectivity index (χ1v) is 6.48. The Bertz CT molecular complexity index is 300. The minimum absolute atomic E-state index is 0.0131. The summed E-state index contributed by atoms with van der Waals surface area (Å²) < 4.78 is 0. The first kappa shape index (κ1) is 12.2. The highest BCUT2D eigenvalue weighted by Crippen LogP contribution is 2.21. The van der Waals surface area contributed by atoms with E-state index >= 15 is 0 Å². The predicted molar refractivity (Wildman–Crippen MR) is 64.6 cm³/mol. The molecular formula is C12H21N3O2. The zero-order valence-corrected chi connectivity index (χ0v) is 10.4. The van der Waals surface area contributed by atoms with Gasteiger partial charge >= 0.3 is 6.03 Å². The van der Waals surface area contributed by atoms with Gasteiger partial charge in [0.2, 0.25) is 5.91 Å². The Morgan fingerprint density at radius 2 is 1.71 bits per heavy atom. The van der Waals surface area contributed by atoms with Crippen molar-refractivity contribution in [2.45, 2.75) is 25.7 Å². The SMILES string of the molecule is CNC(=O)N1CCCC(C(=O)N2CCCC2)C1. The smallest absolute Gasteiger partial charge is 0.317 e. The van der Waals surface area contributed by atoms with Crippen LogP contribution in [0.4, 0.5) is 4.79 Å². The van der Waals surface area contributed by atoms with Gasteiger partial charge in [0.1, 0.15) is 0 Å². The summed E-state index contributed by atoms with van der Waals surface area (Å²) in [6.07, 6.45) is 4.09. The van der Waals surface area contributed by atoms with Gasteiger partial charge in [0.05, 0.1) is 5.92 Å². The summed E-state index contributed by atoms with van der Waals surface area (Å²) >= 11 is 0. The van der Waals surface area contributed by atoms with Crippen LogP contribution in [0.2, 0.25) is 0 Å². The van der Waals surface area contributed by atoms with Crippen LogP contribution < -0.4 is 5.32 Å². The summed E-state index contributed by atoms with van der Waals surface area (Å²) in [6, 6.07) is -0.0658. The second-order valence-corrected chi connectivity index (χ2v) is 4.87. The number of hydrogen-bond acceptors (Lipinski definition) is 2. The van der Waals surface area contributed by atoms with Gasteiger partial charge in [-0.25, -0.2) is 4.79 Å². The highest BCUT2D eigenvalue weighted by Gasteiger charge is 2.31. The van der Waals surface area contributed by atoms with E-state index < -0.39 is 0 Å². The summed E-state index contributed by atoms with van der Waals surface area (Å²) in [5.41, 5.74) is 0. The van der Waals surface area contributed by atoms with Crippen LogP contribution in [-0.4, -0.2) is 55.0 Å². The van der Waals surface area contributed by atoms with Gasteiger partial charge in [-0.15, -0.1) is 0 Å². The maximum absolute atomic E-state index is 12.2. The van der Waals surface area contributed by atoms with Crippen LogP contribution in [0, 0.1) is 5.92 Å². The van der Waals surface area contributed by atoms with E-state index in [1.54, 1.807) is 11.9 Å². The molecule has 0 aliphatic carbocycles. The van der Waals surface area contributed by atoms with Crippen molar-refractivity contribution in [1.29, 1.82) is 0 Å². The van der Waals surface area contributed by atoms with Crippen molar-refractivity contribution in [3.8, 4) is 0 Å². The number of nitrogens with one attached hydrogen (secondary N) is 1. The lowest BCUT2D eigenvalue weighted by atomic mass is 9.97. The predicted octanol–water partition coefficient (Wildman–Crippen LogP) is 0.660. The van der Waals surface area contributed by atoms with Crippen LogP contribution in [-0.2, 0) is 4.79 Å². The molecule has 96 valence electrons. The van der Waals surface area contributed by atoms with Crippen molar-refractivity contribution in [2.75, 3.05) is 33.2 Å². The Balaban J connectivity index is 1.92. The van der Waals surface area contributed by atoms with Gasteiger partial charge in [0.25, 0.3) is 0 Å². The zero-order valence-electron chi connectivity index (χ0n) is 10.4. The van der Waals surface area contributed by atoms with E-state index in [4.69, 9.17) is 0 Å². The molecule has 1 N–H and O–H groups in total. The second-order valence-electron chi connectivity index (χ2n) is 4.87. The van der Waals surface area contributed by atoms with Crippen LogP contribution in [0.5, 0.6) is 0 Å². The number of carbonyl (C=O) groups is 2. The second kappa shape index (κ2) is 5.38. The maximum atomic E-state index is 12.2. The molecule has 1 unspecified atom stereocenters. The lowest BCUT2D eigenvalue weighted by Crippen LogP contribution is -2.48. The molecule has 5 nitrogen and oxygen atoms in total. The van der Waals surface area contributed by atoms with Crippen molar-refractivity contribution < 1.29 is 9.59 Å². The number of hydrogen-bond donors (Lipinski definition) is 1. The van der Waals surface area contributed by atoms with Crippen LogP contribution in [0.1, 0.15) is 25.7 Å². The molecule has 0 bridgehead atoms. The zero-order chi connectivity index (χ0) is 12.3. The molecule has 0 aromatic heterocycles. The number of nitrogens with zero attached hydrogens (tertiary/aromatic N) is 2. The van der Waals surface area contributed by atoms with E-state index in [-0.39, 0.29) is 17.9 Å². The van der Waals surface area contributed by atoms with Crippen LogP contribution >= 0.6 is 0 Å². The van der Waals surface area contributed by atoms with E-state index in [2.05, 4.69) is 5.32 Å². The third-order valence-corrected chi connectivity index (χ3v) is 3.69. The Morgan fingerprint density at radius 3 is 2.35 bits per heavy atom. The van der Waals surface area contributed by atoms with Gasteiger partial charge in [0, 0.05) is 33.2 Å². The topological polar surface area (TPSA) is 52.7 Å². The van der Waals surface area contributed by atoms with E-state index in [0.29, 0.717) is 6.54 Å². The molecule has 5 heteroatoms. The van der Waals surface area contributed by atoms with Gasteiger partial charge in [-0.3, -0.25) is 4.79 Å². The average Bonchev–Trinajstić information content (AvgIpc) is 2.91.